The third-order valence-electron chi connectivity index (χ3n) is 1.47. The third kappa shape index (κ3) is 3.96. The van der Waals surface area contributed by atoms with E-state index >= 15 is 0 Å². The van der Waals surface area contributed by atoms with Crippen molar-refractivity contribution < 1.29 is 25.9 Å². The molecule has 1 rings (SSSR count). The monoisotopic (exact) mass is 250 g/mol. The Kier molecular flexibility index (Phi) is 4.21. The van der Waals surface area contributed by atoms with Crippen LogP contribution in [0.3, 0.4) is 0 Å². The predicted octanol–water partition coefficient (Wildman–Crippen LogP) is 0.341. The quantitative estimate of drug-likeness (QED) is 0.714. The summed E-state index contributed by atoms with van der Waals surface area (Å²) >= 11 is -5.31. The van der Waals surface area contributed by atoms with E-state index in [1.165, 1.54) is 18.2 Å². The largest absolute Gasteiger partial charge is 0.740 e. The molecule has 6 nitrogen and oxygen atoms in total. The molecule has 1 aromatic rings. The summed E-state index contributed by atoms with van der Waals surface area (Å²) in [6.07, 6.45) is 0. The number of benzene rings is 1. The summed E-state index contributed by atoms with van der Waals surface area (Å²) in [6.45, 7) is 1.56. The number of aryl methyl sites for hydroxylation is 1. The van der Waals surface area contributed by atoms with Crippen molar-refractivity contribution in [3.8, 4) is 11.5 Å². The molecular weight excluding hydrogens is 244 g/mol. The molecule has 0 fully saturated rings. The smallest absolute Gasteiger partial charge is 0.142 e. The van der Waals surface area contributed by atoms with Crippen molar-refractivity contribution >= 4 is 22.7 Å². The van der Waals surface area contributed by atoms with Crippen LogP contribution < -0.4 is 8.37 Å². The number of hydrogen-bond donors (Lipinski definition) is 0. The minimum Gasteiger partial charge on any atom is -0.740 e. The third-order valence-corrected chi connectivity index (χ3v) is 2.11. The molecule has 0 N–H and O–H groups in total. The topological polar surface area (TPSA) is 98.7 Å². The van der Waals surface area contributed by atoms with E-state index in [1.54, 1.807) is 6.92 Å². The van der Waals surface area contributed by atoms with Gasteiger partial charge in [-0.2, -0.15) is 0 Å². The van der Waals surface area contributed by atoms with Crippen LogP contribution in [0.5, 0.6) is 11.5 Å². The fourth-order valence-electron chi connectivity index (χ4n) is 0.919. The molecule has 0 bridgehead atoms. The van der Waals surface area contributed by atoms with Crippen LogP contribution in [0.25, 0.3) is 0 Å². The molecule has 0 aromatic heterocycles. The molecule has 8 heteroatoms. The minimum absolute atomic E-state index is 0.0878. The van der Waals surface area contributed by atoms with E-state index in [0.29, 0.717) is 5.56 Å². The maximum atomic E-state index is 10.2. The summed E-state index contributed by atoms with van der Waals surface area (Å²) < 4.78 is 49.6. The highest BCUT2D eigenvalue weighted by atomic mass is 32.2. The van der Waals surface area contributed by atoms with Crippen molar-refractivity contribution in [2.75, 3.05) is 0 Å². The van der Waals surface area contributed by atoms with Gasteiger partial charge in [0.05, 0.1) is 0 Å². The molecule has 0 aliphatic rings. The molecule has 0 saturated heterocycles. The van der Waals surface area contributed by atoms with E-state index in [9.17, 15) is 17.5 Å². The Morgan fingerprint density at radius 3 is 2.20 bits per heavy atom. The second-order valence-corrected chi connectivity index (χ2v) is 3.65. The lowest BCUT2D eigenvalue weighted by molar-refractivity contribution is 0.432. The van der Waals surface area contributed by atoms with E-state index in [1.807, 2.05) is 0 Å². The van der Waals surface area contributed by atoms with Gasteiger partial charge >= 0.3 is 0 Å². The summed E-state index contributed by atoms with van der Waals surface area (Å²) in [5.74, 6) is 0.206. The van der Waals surface area contributed by atoms with E-state index in [0.717, 1.165) is 0 Å². The first-order valence-corrected chi connectivity index (χ1v) is 5.65. The van der Waals surface area contributed by atoms with Gasteiger partial charge in [0.1, 0.15) is 34.2 Å². The van der Waals surface area contributed by atoms with Crippen LogP contribution in [0, 0.1) is 6.92 Å². The fraction of sp³-hybridized carbons (Fsp3) is 0.143. The molecule has 0 aliphatic carbocycles. The van der Waals surface area contributed by atoms with Crippen LogP contribution in [-0.4, -0.2) is 17.5 Å². The van der Waals surface area contributed by atoms with Crippen LogP contribution in [0.1, 0.15) is 5.56 Å². The van der Waals surface area contributed by atoms with Gasteiger partial charge < -0.3 is 17.5 Å². The average molecular weight is 250 g/mol. The van der Waals surface area contributed by atoms with Gasteiger partial charge in [-0.15, -0.1) is 0 Å². The lowest BCUT2D eigenvalue weighted by atomic mass is 10.2. The standard InChI is InChI=1S/C7H8O6S2/c1-5-4-6(12-14(8)9)2-3-7(5)13-15(10)11/h2-4H,1H3,(H,8,9)(H,10,11)/p-2. The first-order valence-electron chi connectivity index (χ1n) is 3.65. The summed E-state index contributed by atoms with van der Waals surface area (Å²) in [6, 6.07) is 3.93. The maximum Gasteiger partial charge on any atom is 0.142 e. The average Bonchev–Trinajstić information content (AvgIpc) is 2.08. The minimum atomic E-state index is -2.66. The molecule has 1 aromatic carbocycles. The van der Waals surface area contributed by atoms with Crippen LogP contribution in [0.4, 0.5) is 0 Å². The van der Waals surface area contributed by atoms with E-state index in [2.05, 4.69) is 8.37 Å². The highest BCUT2D eigenvalue weighted by molar-refractivity contribution is 7.74. The Hall–Kier alpha value is -0.960. The highest BCUT2D eigenvalue weighted by Crippen LogP contribution is 2.24. The second kappa shape index (κ2) is 5.21. The Bertz CT molecular complexity index is 404. The molecule has 0 spiro atoms. The van der Waals surface area contributed by atoms with E-state index in [4.69, 9.17) is 0 Å². The molecule has 0 amide bonds. The predicted molar refractivity (Wildman–Crippen MR) is 50.3 cm³/mol. The number of hydrogen-bond acceptors (Lipinski definition) is 6. The van der Waals surface area contributed by atoms with Crippen molar-refractivity contribution in [2.45, 2.75) is 6.92 Å². The van der Waals surface area contributed by atoms with E-state index < -0.39 is 22.7 Å². The summed E-state index contributed by atoms with van der Waals surface area (Å²) in [5, 5.41) is 0. The van der Waals surface area contributed by atoms with Crippen LogP contribution in [0.2, 0.25) is 0 Å². The summed E-state index contributed by atoms with van der Waals surface area (Å²) in [4.78, 5) is 0. The first kappa shape index (κ1) is 12.1. The second-order valence-electron chi connectivity index (χ2n) is 2.50. The van der Waals surface area contributed by atoms with Crippen molar-refractivity contribution in [3.63, 3.8) is 0 Å². The zero-order valence-electron chi connectivity index (χ0n) is 7.50. The Labute approximate surface area is 91.2 Å². The molecule has 0 heterocycles. The SMILES string of the molecule is Cc1cc(OS(=O)[O-])ccc1OS(=O)[O-]. The van der Waals surface area contributed by atoms with Gasteiger partial charge in [-0.3, -0.25) is 0 Å². The van der Waals surface area contributed by atoms with Gasteiger partial charge in [-0.25, -0.2) is 8.42 Å². The lowest BCUT2D eigenvalue weighted by Crippen LogP contribution is -2.01. The fourth-order valence-corrected chi connectivity index (χ4v) is 1.51. The lowest BCUT2D eigenvalue weighted by Gasteiger charge is -2.12. The van der Waals surface area contributed by atoms with Crippen LogP contribution in [-0.2, 0) is 22.7 Å². The van der Waals surface area contributed by atoms with Gasteiger partial charge in [0, 0.05) is 0 Å². The first-order chi connectivity index (χ1) is 6.99. The summed E-state index contributed by atoms with van der Waals surface area (Å²) in [7, 11) is 0. The van der Waals surface area contributed by atoms with Crippen molar-refractivity contribution in [1.29, 1.82) is 0 Å². The molecule has 0 radical (unpaired) electrons. The zero-order chi connectivity index (χ0) is 11.4. The van der Waals surface area contributed by atoms with Crippen LogP contribution >= 0.6 is 0 Å². The summed E-state index contributed by atoms with van der Waals surface area (Å²) in [5.41, 5.74) is 0.446. The molecular formula is C7H6O6S2-2. The Balaban J connectivity index is 2.87. The van der Waals surface area contributed by atoms with Gasteiger partial charge in [0.2, 0.25) is 0 Å². The molecule has 0 aliphatic heterocycles. The highest BCUT2D eigenvalue weighted by Gasteiger charge is 2.02. The molecule has 84 valence electrons. The maximum absolute atomic E-state index is 10.2. The van der Waals surface area contributed by atoms with Gasteiger partial charge in [-0.05, 0) is 30.7 Å². The molecule has 0 saturated carbocycles. The van der Waals surface area contributed by atoms with E-state index in [-0.39, 0.29) is 11.5 Å². The van der Waals surface area contributed by atoms with Crippen molar-refractivity contribution in [1.82, 2.24) is 0 Å². The van der Waals surface area contributed by atoms with Crippen molar-refractivity contribution in [2.24, 2.45) is 0 Å². The van der Waals surface area contributed by atoms with Gasteiger partial charge in [0.15, 0.2) is 0 Å². The normalized spacial score (nSPS) is 14.3. The molecule has 15 heavy (non-hydrogen) atoms. The van der Waals surface area contributed by atoms with Gasteiger partial charge in [-0.1, -0.05) is 0 Å². The molecule has 2 unspecified atom stereocenters. The Morgan fingerprint density at radius 1 is 1.13 bits per heavy atom. The van der Waals surface area contributed by atoms with Crippen LogP contribution in [0.15, 0.2) is 18.2 Å². The van der Waals surface area contributed by atoms with Crippen molar-refractivity contribution in [3.05, 3.63) is 23.8 Å². The zero-order valence-corrected chi connectivity index (χ0v) is 9.13. The molecule has 2 atom stereocenters. The Morgan fingerprint density at radius 2 is 1.73 bits per heavy atom. The van der Waals surface area contributed by atoms with Gasteiger partial charge in [0.25, 0.3) is 0 Å². The number of rotatable bonds is 4.